The van der Waals surface area contributed by atoms with E-state index in [4.69, 9.17) is 32.8 Å². The van der Waals surface area contributed by atoms with Crippen LogP contribution in [0.1, 0.15) is 44.7 Å². The van der Waals surface area contributed by atoms with E-state index in [2.05, 4.69) is 5.32 Å². The molecular formula is C22H23ClN4O3. The molecule has 8 heteroatoms. The van der Waals surface area contributed by atoms with Crippen molar-refractivity contribution in [1.82, 2.24) is 0 Å². The molecule has 30 heavy (non-hydrogen) atoms. The number of nitrogens with zero attached hydrogens (tertiary/aromatic N) is 1. The third kappa shape index (κ3) is 3.78. The lowest BCUT2D eigenvalue weighted by molar-refractivity contribution is 0.0447. The van der Waals surface area contributed by atoms with Gasteiger partial charge in [-0.1, -0.05) is 23.7 Å². The van der Waals surface area contributed by atoms with E-state index in [-0.39, 0.29) is 5.41 Å². The molecule has 2 aliphatic heterocycles. The second kappa shape index (κ2) is 8.08. The summed E-state index contributed by atoms with van der Waals surface area (Å²) in [5.41, 5.74) is 13.8. The zero-order valence-electron chi connectivity index (χ0n) is 16.4. The maximum absolute atomic E-state index is 12.1. The maximum atomic E-state index is 12.1. The van der Waals surface area contributed by atoms with Crippen LogP contribution in [0.4, 0.5) is 5.69 Å². The van der Waals surface area contributed by atoms with Gasteiger partial charge in [0.05, 0.1) is 17.8 Å². The van der Waals surface area contributed by atoms with Gasteiger partial charge in [0.25, 0.3) is 5.91 Å². The van der Waals surface area contributed by atoms with E-state index in [9.17, 15) is 9.59 Å². The van der Waals surface area contributed by atoms with Crippen LogP contribution in [0.5, 0.6) is 0 Å². The molecule has 0 unspecified atom stereocenters. The van der Waals surface area contributed by atoms with Crippen molar-refractivity contribution in [2.45, 2.75) is 25.8 Å². The van der Waals surface area contributed by atoms with E-state index in [1.54, 1.807) is 6.07 Å². The fraction of sp³-hybridized carbons (Fsp3) is 0.318. The Balaban J connectivity index is 1.81. The Morgan fingerprint density at radius 2 is 1.80 bits per heavy atom. The van der Waals surface area contributed by atoms with E-state index in [1.807, 2.05) is 24.3 Å². The molecule has 0 aromatic heterocycles. The monoisotopic (exact) mass is 426 g/mol. The summed E-state index contributed by atoms with van der Waals surface area (Å²) < 4.78 is 5.59. The quantitative estimate of drug-likeness (QED) is 0.696. The van der Waals surface area contributed by atoms with Gasteiger partial charge in [0.2, 0.25) is 5.91 Å². The smallest absolute Gasteiger partial charge is 0.250 e. The number of carbonyl (C=O) groups is 2. The summed E-state index contributed by atoms with van der Waals surface area (Å²) in [5.74, 6) is -0.347. The lowest BCUT2D eigenvalue weighted by Crippen LogP contribution is -2.47. The molecular weight excluding hydrogens is 404 g/mol. The van der Waals surface area contributed by atoms with E-state index in [0.717, 1.165) is 24.2 Å². The van der Waals surface area contributed by atoms with Crippen molar-refractivity contribution in [2.75, 3.05) is 18.5 Å². The highest BCUT2D eigenvalue weighted by Gasteiger charge is 2.43. The van der Waals surface area contributed by atoms with E-state index < -0.39 is 11.8 Å². The van der Waals surface area contributed by atoms with Crippen LogP contribution in [0.25, 0.3) is 0 Å². The molecule has 1 fully saturated rings. The molecule has 0 radical (unpaired) electrons. The molecule has 2 amide bonds. The average molecular weight is 427 g/mol. The predicted octanol–water partition coefficient (Wildman–Crippen LogP) is 2.90. The lowest BCUT2D eigenvalue weighted by atomic mass is 9.70. The van der Waals surface area contributed by atoms with Gasteiger partial charge in [-0.05, 0) is 54.7 Å². The van der Waals surface area contributed by atoms with Crippen molar-refractivity contribution in [3.05, 3.63) is 63.7 Å². The molecule has 4 rings (SSSR count). The van der Waals surface area contributed by atoms with Crippen LogP contribution < -0.4 is 16.8 Å². The number of ether oxygens (including phenoxy) is 1. The Morgan fingerprint density at radius 1 is 1.10 bits per heavy atom. The number of fused-ring (bicyclic) bond motifs is 1. The minimum absolute atomic E-state index is 0.312. The Morgan fingerprint density at radius 3 is 2.47 bits per heavy atom. The first-order valence-corrected chi connectivity index (χ1v) is 10.2. The highest BCUT2D eigenvalue weighted by molar-refractivity contribution is 6.30. The number of benzene rings is 2. The molecule has 0 bridgehead atoms. The minimum Gasteiger partial charge on any atom is -0.381 e. The summed E-state index contributed by atoms with van der Waals surface area (Å²) in [6.45, 7) is 1.62. The standard InChI is InChI=1S/C22H23ClN4O3/c23-14-3-1-2-13(10-14)12-26-21-22(6-8-30-9-7-22)11-17-15(19(24)28)4-5-16(20(25)29)18(17)27-21/h1-5,10H,6-9,11-12H2,(H2,24,28)(H2,25,29)(H,26,27). The fourth-order valence-electron chi connectivity index (χ4n) is 4.27. The molecule has 2 heterocycles. The number of amides is 2. The first-order valence-electron chi connectivity index (χ1n) is 9.79. The van der Waals surface area contributed by atoms with Crippen molar-refractivity contribution in [3.63, 3.8) is 0 Å². The summed E-state index contributed by atoms with van der Waals surface area (Å²) in [6, 6.07) is 10.6. The van der Waals surface area contributed by atoms with Gasteiger partial charge >= 0.3 is 0 Å². The highest BCUT2D eigenvalue weighted by Crippen LogP contribution is 2.44. The number of primary amides is 2. The van der Waals surface area contributed by atoms with E-state index in [0.29, 0.717) is 53.6 Å². The number of halogens is 1. The van der Waals surface area contributed by atoms with Gasteiger partial charge < -0.3 is 21.5 Å². The lowest BCUT2D eigenvalue weighted by Gasteiger charge is -2.43. The Labute approximate surface area is 179 Å². The molecule has 2 aromatic rings. The zero-order chi connectivity index (χ0) is 21.3. The number of amidine groups is 1. The van der Waals surface area contributed by atoms with Crippen molar-refractivity contribution in [1.29, 1.82) is 0 Å². The van der Waals surface area contributed by atoms with E-state index >= 15 is 0 Å². The van der Waals surface area contributed by atoms with Gasteiger partial charge in [-0.25, -0.2) is 0 Å². The molecule has 2 aliphatic rings. The van der Waals surface area contributed by atoms with Crippen molar-refractivity contribution < 1.29 is 14.3 Å². The first-order chi connectivity index (χ1) is 14.4. The number of anilines is 1. The molecule has 1 spiro atoms. The Bertz CT molecular complexity index is 1040. The molecule has 7 nitrogen and oxygen atoms in total. The summed E-state index contributed by atoms with van der Waals surface area (Å²) in [6.07, 6.45) is 2.02. The van der Waals surface area contributed by atoms with Gasteiger partial charge in [-0.3, -0.25) is 14.6 Å². The normalized spacial score (nSPS) is 18.6. The SMILES string of the molecule is NC(=O)c1ccc(C(N)=O)c2c1CC1(CCOCC1)C(=NCc1cccc(Cl)c1)N2. The average Bonchev–Trinajstić information content (AvgIpc) is 2.72. The minimum atomic E-state index is -0.577. The Kier molecular flexibility index (Phi) is 5.49. The van der Waals surface area contributed by atoms with Crippen molar-refractivity contribution in [3.8, 4) is 0 Å². The number of hydrogen-bond acceptors (Lipinski definition) is 4. The molecule has 2 aromatic carbocycles. The van der Waals surface area contributed by atoms with Crippen molar-refractivity contribution in [2.24, 2.45) is 21.9 Å². The second-order valence-corrected chi connectivity index (χ2v) is 8.17. The summed E-state index contributed by atoms with van der Waals surface area (Å²) >= 11 is 6.10. The number of nitrogens with one attached hydrogen (secondary N) is 1. The Hall–Kier alpha value is -2.90. The van der Waals surface area contributed by atoms with Crippen LogP contribution in [0.3, 0.4) is 0 Å². The van der Waals surface area contributed by atoms with Gasteiger partial charge in [0.1, 0.15) is 5.84 Å². The third-order valence-corrected chi connectivity index (χ3v) is 6.10. The molecule has 156 valence electrons. The molecule has 5 N–H and O–H groups in total. The number of carbonyl (C=O) groups excluding carboxylic acids is 2. The topological polar surface area (TPSA) is 120 Å². The predicted molar refractivity (Wildman–Crippen MR) is 116 cm³/mol. The highest BCUT2D eigenvalue weighted by atomic mass is 35.5. The number of aliphatic imine (C=N–C) groups is 1. The molecule has 0 atom stereocenters. The fourth-order valence-corrected chi connectivity index (χ4v) is 4.48. The van der Waals surface area contributed by atoms with Gasteiger partial charge in [-0.15, -0.1) is 0 Å². The van der Waals surface area contributed by atoms with Gasteiger partial charge in [0, 0.05) is 29.2 Å². The van der Waals surface area contributed by atoms with Gasteiger partial charge in [0.15, 0.2) is 0 Å². The zero-order valence-corrected chi connectivity index (χ0v) is 17.2. The molecule has 1 saturated heterocycles. The van der Waals surface area contributed by atoms with E-state index in [1.165, 1.54) is 6.07 Å². The largest absolute Gasteiger partial charge is 0.381 e. The first kappa shape index (κ1) is 20.4. The number of rotatable bonds is 4. The van der Waals surface area contributed by atoms with Gasteiger partial charge in [-0.2, -0.15) is 0 Å². The van der Waals surface area contributed by atoms with Crippen LogP contribution >= 0.6 is 11.6 Å². The van der Waals surface area contributed by atoms with Crippen molar-refractivity contribution >= 4 is 34.9 Å². The third-order valence-electron chi connectivity index (χ3n) is 5.86. The second-order valence-electron chi connectivity index (χ2n) is 7.73. The van der Waals surface area contributed by atoms with Crippen LogP contribution in [-0.4, -0.2) is 30.9 Å². The molecule has 0 saturated carbocycles. The van der Waals surface area contributed by atoms with Crippen LogP contribution in [0.2, 0.25) is 5.02 Å². The number of nitrogens with two attached hydrogens (primary N) is 2. The summed E-state index contributed by atoms with van der Waals surface area (Å²) in [5, 5.41) is 3.99. The summed E-state index contributed by atoms with van der Waals surface area (Å²) in [7, 11) is 0. The van der Waals surface area contributed by atoms with Crippen LogP contribution in [-0.2, 0) is 17.7 Å². The van der Waals surface area contributed by atoms with Crippen LogP contribution in [0.15, 0.2) is 41.4 Å². The summed E-state index contributed by atoms with van der Waals surface area (Å²) in [4.78, 5) is 29.0. The maximum Gasteiger partial charge on any atom is 0.250 e. The molecule has 0 aliphatic carbocycles. The van der Waals surface area contributed by atoms with Crippen LogP contribution in [0, 0.1) is 5.41 Å². The number of hydrogen-bond donors (Lipinski definition) is 3.